The van der Waals surface area contributed by atoms with Crippen LogP contribution in [0.2, 0.25) is 0 Å². The molecule has 112 valence electrons. The van der Waals surface area contributed by atoms with Crippen molar-refractivity contribution in [2.24, 2.45) is 5.10 Å². The number of methoxy groups -OCH3 is 1. The van der Waals surface area contributed by atoms with Gasteiger partial charge >= 0.3 is 0 Å². The Morgan fingerprint density at radius 2 is 1.82 bits per heavy atom. The molecule has 0 aliphatic heterocycles. The molecule has 0 heterocycles. The lowest BCUT2D eigenvalue weighted by atomic mass is 10.2. The van der Waals surface area contributed by atoms with Gasteiger partial charge in [0.15, 0.2) is 0 Å². The number of hydrogen-bond donors (Lipinski definition) is 1. The summed E-state index contributed by atoms with van der Waals surface area (Å²) < 4.78 is 5.08. The summed E-state index contributed by atoms with van der Waals surface area (Å²) in [7, 11) is 1.63. The van der Waals surface area contributed by atoms with Crippen molar-refractivity contribution in [1.82, 2.24) is 0 Å². The summed E-state index contributed by atoms with van der Waals surface area (Å²) in [4.78, 5) is 10.1. The summed E-state index contributed by atoms with van der Waals surface area (Å²) in [5.74, 6) is 0.811. The van der Waals surface area contributed by atoms with Crippen molar-refractivity contribution in [3.8, 4) is 5.75 Å². The first kappa shape index (κ1) is 15.2. The van der Waals surface area contributed by atoms with Gasteiger partial charge < -0.3 is 4.74 Å². The number of rotatable bonds is 6. The molecular formula is C16H15N3O3. The van der Waals surface area contributed by atoms with Crippen LogP contribution in [0.4, 0.5) is 11.4 Å². The Kier molecular flexibility index (Phi) is 5.25. The zero-order valence-corrected chi connectivity index (χ0v) is 12.0. The molecule has 2 rings (SSSR count). The molecule has 0 saturated carbocycles. The predicted molar refractivity (Wildman–Crippen MR) is 87.2 cm³/mol. The molecule has 0 aliphatic carbocycles. The van der Waals surface area contributed by atoms with Gasteiger partial charge in [0.1, 0.15) is 5.75 Å². The van der Waals surface area contributed by atoms with E-state index in [4.69, 9.17) is 4.74 Å². The Bertz CT molecular complexity index is 677. The number of anilines is 1. The average molecular weight is 297 g/mol. The summed E-state index contributed by atoms with van der Waals surface area (Å²) >= 11 is 0. The summed E-state index contributed by atoms with van der Waals surface area (Å²) in [6, 6.07) is 13.7. The zero-order valence-electron chi connectivity index (χ0n) is 12.0. The maximum Gasteiger partial charge on any atom is 0.269 e. The number of hydrazone groups is 1. The lowest BCUT2D eigenvalue weighted by Gasteiger charge is -1.99. The van der Waals surface area contributed by atoms with Crippen molar-refractivity contribution < 1.29 is 9.66 Å². The number of allylic oxidation sites excluding steroid dienone is 1. The predicted octanol–water partition coefficient (Wildman–Crippen LogP) is 3.71. The fraction of sp³-hybridized carbons (Fsp3) is 0.0625. The Morgan fingerprint density at radius 3 is 2.41 bits per heavy atom. The van der Waals surface area contributed by atoms with E-state index in [0.29, 0.717) is 5.69 Å². The van der Waals surface area contributed by atoms with Crippen molar-refractivity contribution >= 4 is 23.7 Å². The first-order valence-electron chi connectivity index (χ1n) is 6.53. The highest BCUT2D eigenvalue weighted by Gasteiger charge is 2.02. The van der Waals surface area contributed by atoms with Gasteiger partial charge in [-0.25, -0.2) is 0 Å². The smallest absolute Gasteiger partial charge is 0.269 e. The van der Waals surface area contributed by atoms with E-state index in [9.17, 15) is 10.1 Å². The van der Waals surface area contributed by atoms with Crippen LogP contribution in [0.25, 0.3) is 6.08 Å². The van der Waals surface area contributed by atoms with Crippen LogP contribution in [0.5, 0.6) is 5.75 Å². The fourth-order valence-corrected chi connectivity index (χ4v) is 1.68. The molecule has 6 nitrogen and oxygen atoms in total. The van der Waals surface area contributed by atoms with Gasteiger partial charge in [-0.15, -0.1) is 0 Å². The van der Waals surface area contributed by atoms with Gasteiger partial charge in [0.05, 0.1) is 17.7 Å². The Labute approximate surface area is 127 Å². The maximum absolute atomic E-state index is 10.5. The zero-order chi connectivity index (χ0) is 15.8. The largest absolute Gasteiger partial charge is 0.497 e. The summed E-state index contributed by atoms with van der Waals surface area (Å²) in [5, 5.41) is 14.5. The van der Waals surface area contributed by atoms with Crippen molar-refractivity contribution in [3.63, 3.8) is 0 Å². The van der Waals surface area contributed by atoms with Gasteiger partial charge in [-0.3, -0.25) is 15.5 Å². The highest BCUT2D eigenvalue weighted by molar-refractivity contribution is 5.78. The highest BCUT2D eigenvalue weighted by Crippen LogP contribution is 2.15. The Balaban J connectivity index is 1.86. The highest BCUT2D eigenvalue weighted by atomic mass is 16.6. The van der Waals surface area contributed by atoms with Gasteiger partial charge in [0, 0.05) is 18.3 Å². The molecule has 0 unspecified atom stereocenters. The van der Waals surface area contributed by atoms with Crippen molar-refractivity contribution in [1.29, 1.82) is 0 Å². The monoisotopic (exact) mass is 297 g/mol. The number of ether oxygens (including phenoxy) is 1. The second kappa shape index (κ2) is 7.58. The molecule has 6 heteroatoms. The molecule has 0 spiro atoms. The van der Waals surface area contributed by atoms with E-state index in [0.717, 1.165) is 11.3 Å². The van der Waals surface area contributed by atoms with Gasteiger partial charge in [-0.05, 0) is 35.9 Å². The Morgan fingerprint density at radius 1 is 1.14 bits per heavy atom. The number of benzene rings is 2. The van der Waals surface area contributed by atoms with Crippen LogP contribution < -0.4 is 10.2 Å². The number of nitrogens with zero attached hydrogens (tertiary/aromatic N) is 2. The molecule has 0 amide bonds. The van der Waals surface area contributed by atoms with E-state index < -0.39 is 4.92 Å². The van der Waals surface area contributed by atoms with Crippen molar-refractivity contribution in [2.45, 2.75) is 0 Å². The second-order valence-electron chi connectivity index (χ2n) is 4.33. The number of nitro benzene ring substituents is 1. The number of non-ortho nitro benzene ring substituents is 1. The second-order valence-corrected chi connectivity index (χ2v) is 4.33. The van der Waals surface area contributed by atoms with Crippen LogP contribution in [0.3, 0.4) is 0 Å². The quantitative estimate of drug-likeness (QED) is 0.501. The summed E-state index contributed by atoms with van der Waals surface area (Å²) in [5.41, 5.74) is 4.55. The molecule has 0 aliphatic rings. The first-order valence-corrected chi connectivity index (χ1v) is 6.53. The van der Waals surface area contributed by atoms with Crippen LogP contribution >= 0.6 is 0 Å². The fourth-order valence-electron chi connectivity index (χ4n) is 1.68. The minimum absolute atomic E-state index is 0.0499. The lowest BCUT2D eigenvalue weighted by molar-refractivity contribution is -0.384. The number of hydrogen-bond acceptors (Lipinski definition) is 5. The SMILES string of the molecule is COc1ccc(/C=C/C=N\Nc2ccc([N+](=O)[O-])cc2)cc1. The van der Waals surface area contributed by atoms with E-state index in [-0.39, 0.29) is 5.69 Å². The van der Waals surface area contributed by atoms with Gasteiger partial charge in [-0.2, -0.15) is 5.10 Å². The third-order valence-corrected chi connectivity index (χ3v) is 2.84. The third kappa shape index (κ3) is 4.45. The maximum atomic E-state index is 10.5. The standard InChI is InChI=1S/C16H15N3O3/c1-22-16-10-4-13(5-11-16)3-2-12-17-18-14-6-8-15(9-7-14)19(20)21/h2-12,18H,1H3/b3-2+,17-12-. The van der Waals surface area contributed by atoms with E-state index in [1.165, 1.54) is 12.1 Å². The topological polar surface area (TPSA) is 76.8 Å². The van der Waals surface area contributed by atoms with Crippen LogP contribution in [0, 0.1) is 10.1 Å². The molecular weight excluding hydrogens is 282 g/mol. The van der Waals surface area contributed by atoms with Crippen molar-refractivity contribution in [2.75, 3.05) is 12.5 Å². The molecule has 2 aromatic carbocycles. The minimum Gasteiger partial charge on any atom is -0.497 e. The summed E-state index contributed by atoms with van der Waals surface area (Å²) in [6.45, 7) is 0. The van der Waals surface area contributed by atoms with E-state index in [1.54, 1.807) is 31.5 Å². The Hall–Kier alpha value is -3.15. The normalized spacial score (nSPS) is 11.0. The first-order chi connectivity index (χ1) is 10.7. The molecule has 0 aromatic heterocycles. The minimum atomic E-state index is -0.440. The molecule has 0 radical (unpaired) electrons. The van der Waals surface area contributed by atoms with E-state index >= 15 is 0 Å². The summed E-state index contributed by atoms with van der Waals surface area (Å²) in [6.07, 6.45) is 5.30. The number of nitrogens with one attached hydrogen (secondary N) is 1. The van der Waals surface area contributed by atoms with Crippen LogP contribution in [-0.4, -0.2) is 18.2 Å². The van der Waals surface area contributed by atoms with E-state index in [1.807, 2.05) is 30.3 Å². The molecule has 22 heavy (non-hydrogen) atoms. The van der Waals surface area contributed by atoms with Gasteiger partial charge in [0.25, 0.3) is 5.69 Å². The molecule has 0 saturated heterocycles. The van der Waals surface area contributed by atoms with Crippen LogP contribution in [0.15, 0.2) is 59.7 Å². The molecule has 1 N–H and O–H groups in total. The lowest BCUT2D eigenvalue weighted by Crippen LogP contribution is -1.90. The van der Waals surface area contributed by atoms with Crippen molar-refractivity contribution in [3.05, 3.63) is 70.3 Å². The van der Waals surface area contributed by atoms with E-state index in [2.05, 4.69) is 10.5 Å². The van der Waals surface area contributed by atoms with Gasteiger partial charge in [0.2, 0.25) is 0 Å². The molecule has 0 bridgehead atoms. The molecule has 0 atom stereocenters. The number of nitro groups is 1. The molecule has 0 fully saturated rings. The van der Waals surface area contributed by atoms with Gasteiger partial charge in [-0.1, -0.05) is 18.2 Å². The van der Waals surface area contributed by atoms with Crippen LogP contribution in [0.1, 0.15) is 5.56 Å². The average Bonchev–Trinajstić information content (AvgIpc) is 2.55. The van der Waals surface area contributed by atoms with Crippen LogP contribution in [-0.2, 0) is 0 Å². The molecule has 2 aromatic rings. The third-order valence-electron chi connectivity index (χ3n) is 2.84.